The summed E-state index contributed by atoms with van der Waals surface area (Å²) in [5, 5.41) is 10.8. The summed E-state index contributed by atoms with van der Waals surface area (Å²) in [6.07, 6.45) is -0.853. The van der Waals surface area contributed by atoms with Gasteiger partial charge in [-0.25, -0.2) is 18.6 Å². The Morgan fingerprint density at radius 1 is 1.02 bits per heavy atom. The lowest BCUT2D eigenvalue weighted by atomic mass is 9.80. The van der Waals surface area contributed by atoms with Crippen LogP contribution in [-0.4, -0.2) is 68.6 Å². The number of halogens is 6. The normalized spacial score (nSPS) is 20.5. The van der Waals surface area contributed by atoms with Gasteiger partial charge in [-0.05, 0) is 86.0 Å². The Labute approximate surface area is 294 Å². The molecule has 3 heterocycles. The number of carbonyl (C=O) groups excluding carboxylic acids is 1. The second kappa shape index (κ2) is 14.8. The van der Waals surface area contributed by atoms with Crippen LogP contribution in [0, 0.1) is 11.6 Å². The molecule has 0 bridgehead atoms. The van der Waals surface area contributed by atoms with Gasteiger partial charge in [-0.1, -0.05) is 35.9 Å². The van der Waals surface area contributed by atoms with Gasteiger partial charge < -0.3 is 20.7 Å². The molecule has 3 aromatic carbocycles. The van der Waals surface area contributed by atoms with E-state index in [0.29, 0.717) is 53.9 Å². The van der Waals surface area contributed by atoms with Crippen LogP contribution in [0.3, 0.4) is 0 Å². The number of nitrogens with zero attached hydrogens (tertiary/aromatic N) is 3. The van der Waals surface area contributed by atoms with Gasteiger partial charge in [-0.2, -0.15) is 13.2 Å². The molecule has 6 rings (SSSR count). The molecule has 2 aliphatic rings. The number of H-pyrrole nitrogens is 1. The number of likely N-dealkylation sites (tertiary alicyclic amines) is 2. The predicted octanol–water partition coefficient (Wildman–Crippen LogP) is 7.68. The monoisotopic (exact) mass is 728 g/mol. The highest BCUT2D eigenvalue weighted by atomic mass is 35.5. The summed E-state index contributed by atoms with van der Waals surface area (Å²) in [5.41, 5.74) is 6.31. The molecule has 1 aromatic heterocycles. The van der Waals surface area contributed by atoms with Gasteiger partial charge in [0.15, 0.2) is 0 Å². The van der Waals surface area contributed by atoms with Crippen molar-refractivity contribution in [3.05, 3.63) is 112 Å². The van der Waals surface area contributed by atoms with Crippen LogP contribution in [0.25, 0.3) is 17.3 Å². The first-order valence-corrected chi connectivity index (χ1v) is 16.6. The topological polar surface area (TPSA) is 128 Å². The number of anilines is 1. The third-order valence-electron chi connectivity index (χ3n) is 9.48. The van der Waals surface area contributed by atoms with Gasteiger partial charge in [-0.3, -0.25) is 15.0 Å². The van der Waals surface area contributed by atoms with Crippen molar-refractivity contribution in [3.8, 4) is 11.3 Å². The zero-order chi connectivity index (χ0) is 36.4. The summed E-state index contributed by atoms with van der Waals surface area (Å²) in [7, 11) is 0. The number of aromatic nitrogens is 2. The van der Waals surface area contributed by atoms with Crippen LogP contribution in [0.2, 0.25) is 5.02 Å². The number of benzene rings is 3. The van der Waals surface area contributed by atoms with E-state index in [1.807, 2.05) is 0 Å². The van der Waals surface area contributed by atoms with E-state index >= 15 is 4.39 Å². The molecule has 15 heteroatoms. The molecule has 0 saturated carbocycles. The number of hydrogen-bond donors (Lipinski definition) is 4. The molecule has 2 fully saturated rings. The van der Waals surface area contributed by atoms with Gasteiger partial charge in [0.25, 0.3) is 0 Å². The van der Waals surface area contributed by atoms with Crippen molar-refractivity contribution in [1.82, 2.24) is 19.8 Å². The van der Waals surface area contributed by atoms with Crippen molar-refractivity contribution >= 4 is 35.4 Å². The van der Waals surface area contributed by atoms with E-state index in [1.165, 1.54) is 17.0 Å². The molecule has 3 atom stereocenters. The number of piperidine rings is 2. The van der Waals surface area contributed by atoms with Gasteiger partial charge in [0.05, 0.1) is 28.5 Å². The Morgan fingerprint density at radius 2 is 1.71 bits per heavy atom. The molecular weight excluding hydrogens is 695 g/mol. The number of hydrogen-bond acceptors (Lipinski definition) is 5. The molecule has 9 nitrogen and oxygen atoms in total. The number of nitrogens with one attached hydrogen (secondary N) is 2. The van der Waals surface area contributed by atoms with Crippen molar-refractivity contribution in [1.29, 1.82) is 0 Å². The molecule has 4 aromatic rings. The smallest absolute Gasteiger partial charge is 0.417 e. The fourth-order valence-corrected chi connectivity index (χ4v) is 7.08. The second-order valence-electron chi connectivity index (χ2n) is 12.7. The number of aromatic amines is 1. The SMILES string of the molecule is NC1CCN(C2CC(c3ccc(F)cc3)C(c3ncc(-c4ccc(NC(=O)O)cc4)[nH]3)N(C(=O)/C=C/c3c(C(F)(F)F)ccc(Cl)c3F)C2)CC1. The van der Waals surface area contributed by atoms with Crippen LogP contribution >= 0.6 is 11.6 Å². The zero-order valence-electron chi connectivity index (χ0n) is 27.0. The van der Waals surface area contributed by atoms with Crippen LogP contribution in [0.5, 0.6) is 0 Å². The average molecular weight is 729 g/mol. The number of alkyl halides is 3. The fraction of sp³-hybridized carbons (Fsp3) is 0.306. The van der Waals surface area contributed by atoms with Gasteiger partial charge in [0.1, 0.15) is 17.5 Å². The van der Waals surface area contributed by atoms with Crippen molar-refractivity contribution in [3.63, 3.8) is 0 Å². The van der Waals surface area contributed by atoms with Crippen molar-refractivity contribution in [2.75, 3.05) is 25.0 Å². The Kier molecular flexibility index (Phi) is 10.5. The van der Waals surface area contributed by atoms with Crippen molar-refractivity contribution in [2.45, 2.75) is 49.5 Å². The van der Waals surface area contributed by atoms with E-state index < -0.39 is 57.9 Å². The highest BCUT2D eigenvalue weighted by Gasteiger charge is 2.43. The van der Waals surface area contributed by atoms with Crippen LogP contribution < -0.4 is 11.1 Å². The van der Waals surface area contributed by atoms with Gasteiger partial charge in [0.2, 0.25) is 5.91 Å². The number of imidazole rings is 1. The molecule has 0 radical (unpaired) electrons. The molecule has 2 amide bonds. The molecule has 268 valence electrons. The van der Waals surface area contributed by atoms with Crippen LogP contribution in [0.4, 0.5) is 32.4 Å². The second-order valence-corrected chi connectivity index (χ2v) is 13.1. The number of carboxylic acid groups (broad SMARTS) is 1. The molecule has 2 aliphatic heterocycles. The quantitative estimate of drug-likeness (QED) is 0.114. The zero-order valence-corrected chi connectivity index (χ0v) is 27.8. The maximum absolute atomic E-state index is 15.0. The number of carbonyl (C=O) groups is 2. The Balaban J connectivity index is 1.42. The third-order valence-corrected chi connectivity index (χ3v) is 9.77. The molecule has 0 spiro atoms. The minimum absolute atomic E-state index is 0.0390. The summed E-state index contributed by atoms with van der Waals surface area (Å²) < 4.78 is 70.8. The fourth-order valence-electron chi connectivity index (χ4n) is 6.91. The Morgan fingerprint density at radius 3 is 2.35 bits per heavy atom. The van der Waals surface area contributed by atoms with E-state index in [1.54, 1.807) is 42.6 Å². The van der Waals surface area contributed by atoms with Gasteiger partial charge in [0, 0.05) is 41.9 Å². The number of nitrogens with two attached hydrogens (primary N) is 1. The molecule has 51 heavy (non-hydrogen) atoms. The maximum atomic E-state index is 15.0. The first-order chi connectivity index (χ1) is 24.3. The van der Waals surface area contributed by atoms with Crippen LogP contribution in [-0.2, 0) is 11.0 Å². The van der Waals surface area contributed by atoms with Crippen LogP contribution in [0.15, 0.2) is 72.9 Å². The maximum Gasteiger partial charge on any atom is 0.417 e. The summed E-state index contributed by atoms with van der Waals surface area (Å²) in [4.78, 5) is 36.9. The van der Waals surface area contributed by atoms with Crippen LogP contribution in [0.1, 0.15) is 53.7 Å². The lowest BCUT2D eigenvalue weighted by Crippen LogP contribution is -2.55. The molecule has 0 aliphatic carbocycles. The Hall–Kier alpha value is -4.79. The third kappa shape index (κ3) is 8.08. The van der Waals surface area contributed by atoms with Crippen molar-refractivity contribution in [2.24, 2.45) is 5.73 Å². The summed E-state index contributed by atoms with van der Waals surface area (Å²) in [6, 6.07) is 12.9. The number of rotatable bonds is 7. The lowest BCUT2D eigenvalue weighted by molar-refractivity contribution is -0.138. The molecule has 5 N–H and O–H groups in total. The summed E-state index contributed by atoms with van der Waals surface area (Å²) >= 11 is 5.85. The highest BCUT2D eigenvalue weighted by molar-refractivity contribution is 6.31. The highest BCUT2D eigenvalue weighted by Crippen LogP contribution is 2.44. The van der Waals surface area contributed by atoms with E-state index in [2.05, 4.69) is 20.2 Å². The average Bonchev–Trinajstić information content (AvgIpc) is 3.58. The standard InChI is InChI=1S/C36H34ClF5N6O3/c37-29-11-10-28(36(40,41)42)26(32(29)39)9-12-31(49)48-19-25(47-15-13-23(43)14-16-47)17-27(20-1-5-22(38)6-2-20)33(48)34-44-18-30(46-34)21-3-7-24(8-4-21)45-35(50)51/h1-12,18,23,25,27,33,45H,13-17,19,43H2,(H,44,46)(H,50,51)/b12-9+. The van der Waals surface area contributed by atoms with Gasteiger partial charge >= 0.3 is 12.3 Å². The Bertz CT molecular complexity index is 1910. The first-order valence-electron chi connectivity index (χ1n) is 16.2. The van der Waals surface area contributed by atoms with E-state index in [9.17, 15) is 27.2 Å². The lowest BCUT2D eigenvalue weighted by Gasteiger charge is -2.48. The minimum atomic E-state index is -4.91. The van der Waals surface area contributed by atoms with Crippen molar-refractivity contribution < 1.29 is 36.6 Å². The molecular formula is C36H34ClF5N6O3. The summed E-state index contributed by atoms with van der Waals surface area (Å²) in [6.45, 7) is 1.51. The minimum Gasteiger partial charge on any atom is -0.465 e. The van der Waals surface area contributed by atoms with E-state index in [4.69, 9.17) is 22.4 Å². The largest absolute Gasteiger partial charge is 0.465 e. The number of amides is 2. The molecule has 3 unspecified atom stereocenters. The van der Waals surface area contributed by atoms with E-state index in [-0.39, 0.29) is 18.6 Å². The van der Waals surface area contributed by atoms with E-state index in [0.717, 1.165) is 31.1 Å². The summed E-state index contributed by atoms with van der Waals surface area (Å²) in [5.74, 6) is -2.55. The van der Waals surface area contributed by atoms with Gasteiger partial charge in [-0.15, -0.1) is 0 Å². The molecule has 2 saturated heterocycles. The first kappa shape index (κ1) is 36.0. The predicted molar refractivity (Wildman–Crippen MR) is 182 cm³/mol.